The highest BCUT2D eigenvalue weighted by molar-refractivity contribution is 5.95. The number of ether oxygens (including phenoxy) is 1. The lowest BCUT2D eigenvalue weighted by atomic mass is 9.97. The zero-order valence-corrected chi connectivity index (χ0v) is 23.2. The number of hydrogen-bond donors (Lipinski definition) is 1. The number of rotatable bonds is 8. The van der Waals surface area contributed by atoms with Crippen LogP contribution in [0, 0.1) is 6.92 Å². The molecule has 6 rings (SSSR count). The number of likely N-dealkylation sites (tertiary alicyclic amines) is 1. The van der Waals surface area contributed by atoms with E-state index in [1.54, 1.807) is 6.20 Å². The summed E-state index contributed by atoms with van der Waals surface area (Å²) in [6, 6.07) is 27.3. The van der Waals surface area contributed by atoms with E-state index in [0.29, 0.717) is 24.5 Å². The molecule has 0 bridgehead atoms. The Bertz CT molecular complexity index is 1820. The molecule has 1 saturated heterocycles. The number of pyridine rings is 1. The van der Waals surface area contributed by atoms with Gasteiger partial charge in [0.15, 0.2) is 0 Å². The van der Waals surface area contributed by atoms with E-state index in [0.717, 1.165) is 51.2 Å². The lowest BCUT2D eigenvalue weighted by Crippen LogP contribution is -2.28. The summed E-state index contributed by atoms with van der Waals surface area (Å²) >= 11 is 0. The van der Waals surface area contributed by atoms with Crippen molar-refractivity contribution in [3.63, 3.8) is 0 Å². The molecule has 1 amide bonds. The molecule has 3 aromatic carbocycles. The minimum absolute atomic E-state index is 0.0564. The smallest absolute Gasteiger partial charge is 0.440 e. The molecule has 1 aliphatic heterocycles. The largest absolute Gasteiger partial charge is 0.489 e. The Morgan fingerprint density at radius 3 is 2.60 bits per heavy atom. The number of nitrogens with one attached hydrogen (secondary N) is 1. The Morgan fingerprint density at radius 2 is 1.86 bits per heavy atom. The summed E-state index contributed by atoms with van der Waals surface area (Å²) in [6.07, 6.45) is 2.73. The fraction of sp³-hybridized carbons (Fsp3) is 0.212. The zero-order valence-electron chi connectivity index (χ0n) is 23.2. The first kappa shape index (κ1) is 27.0. The van der Waals surface area contributed by atoms with Gasteiger partial charge >= 0.3 is 11.4 Å². The van der Waals surface area contributed by atoms with Gasteiger partial charge in [0.1, 0.15) is 12.4 Å². The van der Waals surface area contributed by atoms with Crippen molar-refractivity contribution in [3.8, 4) is 16.9 Å². The Hall–Kier alpha value is -5.18. The Kier molecular flexibility index (Phi) is 7.55. The summed E-state index contributed by atoms with van der Waals surface area (Å²) in [4.78, 5) is 44.6. The maximum Gasteiger partial charge on any atom is 0.440 e. The van der Waals surface area contributed by atoms with Crippen LogP contribution in [0.5, 0.6) is 5.75 Å². The van der Waals surface area contributed by atoms with E-state index in [1.807, 2.05) is 84.6 Å². The van der Waals surface area contributed by atoms with Crippen LogP contribution in [0.15, 0.2) is 105 Å². The van der Waals surface area contributed by atoms with Crippen LogP contribution in [0.25, 0.3) is 11.1 Å². The monoisotopic (exact) mass is 562 g/mol. The van der Waals surface area contributed by atoms with E-state index in [2.05, 4.69) is 22.1 Å². The molecule has 5 aromatic rings. The number of benzene rings is 3. The average Bonchev–Trinajstić information content (AvgIpc) is 3.63. The molecule has 0 saturated carbocycles. The van der Waals surface area contributed by atoms with Crippen molar-refractivity contribution < 1.29 is 14.1 Å². The summed E-state index contributed by atoms with van der Waals surface area (Å²) in [5.41, 5.74) is 6.12. The second kappa shape index (κ2) is 11.7. The fourth-order valence-electron chi connectivity index (χ4n) is 5.38. The summed E-state index contributed by atoms with van der Waals surface area (Å²) in [6.45, 7) is 3.97. The normalized spacial score (nSPS) is 14.7. The van der Waals surface area contributed by atoms with Gasteiger partial charge in [0.2, 0.25) is 0 Å². The van der Waals surface area contributed by atoms with Gasteiger partial charge < -0.3 is 14.2 Å². The van der Waals surface area contributed by atoms with Crippen molar-refractivity contribution in [2.75, 3.05) is 13.1 Å². The van der Waals surface area contributed by atoms with Crippen molar-refractivity contribution in [3.05, 3.63) is 140 Å². The number of carbonyl (C=O) groups is 1. The van der Waals surface area contributed by atoms with Gasteiger partial charge in [0.25, 0.3) is 5.91 Å². The summed E-state index contributed by atoms with van der Waals surface area (Å²) in [7, 11) is 0. The van der Waals surface area contributed by atoms with Crippen molar-refractivity contribution in [2.45, 2.75) is 32.4 Å². The van der Waals surface area contributed by atoms with E-state index < -0.39 is 11.4 Å². The predicted molar refractivity (Wildman–Crippen MR) is 158 cm³/mol. The molecule has 0 spiro atoms. The van der Waals surface area contributed by atoms with E-state index >= 15 is 0 Å². The quantitative estimate of drug-likeness (QED) is 0.292. The van der Waals surface area contributed by atoms with Gasteiger partial charge in [-0.05, 0) is 83.6 Å². The molecule has 1 fully saturated rings. The van der Waals surface area contributed by atoms with Gasteiger partial charge in [-0.3, -0.25) is 9.78 Å². The molecule has 1 N–H and O–H groups in total. The van der Waals surface area contributed by atoms with Crippen LogP contribution in [0.4, 0.5) is 0 Å². The standard InChI is InChI=1S/C33H30N4O5/c1-22-17-26(31(38)36-16-14-27(20-36)30-7-2-3-15-34-30)10-13-29(22)25-6-4-5-24(18-25)21-41-28-11-8-23(9-12-28)19-37-32(39)35-33(40)42-37/h2-13,15,17-18,27H,14,16,19-21H2,1H3,(H,35,39,40). The van der Waals surface area contributed by atoms with Gasteiger partial charge in [0.05, 0.1) is 6.54 Å². The van der Waals surface area contributed by atoms with Crippen LogP contribution in [0.2, 0.25) is 0 Å². The van der Waals surface area contributed by atoms with E-state index in [1.165, 1.54) is 0 Å². The van der Waals surface area contributed by atoms with Gasteiger partial charge in [-0.25, -0.2) is 14.6 Å². The highest BCUT2D eigenvalue weighted by Crippen LogP contribution is 2.29. The first-order valence-corrected chi connectivity index (χ1v) is 13.9. The molecule has 0 aliphatic carbocycles. The molecule has 9 heteroatoms. The number of amides is 1. The van der Waals surface area contributed by atoms with E-state index in [9.17, 15) is 14.4 Å². The van der Waals surface area contributed by atoms with Crippen molar-refractivity contribution in [2.24, 2.45) is 0 Å². The highest BCUT2D eigenvalue weighted by atomic mass is 16.5. The van der Waals surface area contributed by atoms with Crippen LogP contribution in [-0.2, 0) is 13.2 Å². The number of aryl methyl sites for hydroxylation is 1. The lowest BCUT2D eigenvalue weighted by molar-refractivity contribution is 0.0790. The van der Waals surface area contributed by atoms with Gasteiger partial charge in [0, 0.05) is 36.5 Å². The third kappa shape index (κ3) is 5.95. The first-order chi connectivity index (χ1) is 20.4. The third-order valence-corrected chi connectivity index (χ3v) is 7.58. The molecule has 1 unspecified atom stereocenters. The van der Waals surface area contributed by atoms with Crippen LogP contribution in [0.1, 0.15) is 45.1 Å². The molecular weight excluding hydrogens is 532 g/mol. The van der Waals surface area contributed by atoms with Crippen molar-refractivity contribution in [1.82, 2.24) is 19.6 Å². The number of H-pyrrole nitrogens is 1. The van der Waals surface area contributed by atoms with E-state index in [4.69, 9.17) is 9.26 Å². The first-order valence-electron chi connectivity index (χ1n) is 13.9. The molecule has 0 radical (unpaired) electrons. The molecule has 3 heterocycles. The molecule has 9 nitrogen and oxygen atoms in total. The second-order valence-electron chi connectivity index (χ2n) is 10.5. The Labute approximate surface area is 242 Å². The maximum absolute atomic E-state index is 13.3. The van der Waals surface area contributed by atoms with Gasteiger partial charge in [-0.2, -0.15) is 0 Å². The van der Waals surface area contributed by atoms with E-state index in [-0.39, 0.29) is 18.4 Å². The third-order valence-electron chi connectivity index (χ3n) is 7.58. The predicted octanol–water partition coefficient (Wildman–Crippen LogP) is 4.76. The number of carbonyl (C=O) groups excluding carboxylic acids is 1. The van der Waals surface area contributed by atoms with Gasteiger partial charge in [-0.15, -0.1) is 4.74 Å². The molecule has 42 heavy (non-hydrogen) atoms. The number of hydrogen-bond acceptors (Lipinski definition) is 6. The fourth-order valence-corrected chi connectivity index (χ4v) is 5.38. The zero-order chi connectivity index (χ0) is 29.1. The average molecular weight is 563 g/mol. The second-order valence-corrected chi connectivity index (χ2v) is 10.5. The topological polar surface area (TPSA) is 110 Å². The summed E-state index contributed by atoms with van der Waals surface area (Å²) < 4.78 is 11.8. The molecule has 1 aliphatic rings. The highest BCUT2D eigenvalue weighted by Gasteiger charge is 2.28. The minimum atomic E-state index is -0.779. The van der Waals surface area contributed by atoms with Crippen LogP contribution >= 0.6 is 0 Å². The van der Waals surface area contributed by atoms with Gasteiger partial charge in [-0.1, -0.05) is 42.5 Å². The molecular formula is C33H30N4O5. The van der Waals surface area contributed by atoms with Crippen LogP contribution < -0.4 is 16.2 Å². The molecule has 212 valence electrons. The van der Waals surface area contributed by atoms with Crippen LogP contribution in [0.3, 0.4) is 0 Å². The number of aromatic amines is 1. The van der Waals surface area contributed by atoms with Crippen LogP contribution in [-0.4, -0.2) is 38.6 Å². The number of aromatic nitrogens is 3. The summed E-state index contributed by atoms with van der Waals surface area (Å²) in [5, 5.41) is 0. The minimum Gasteiger partial charge on any atom is -0.489 e. The Balaban J connectivity index is 1.08. The maximum atomic E-state index is 13.3. The SMILES string of the molecule is Cc1cc(C(=O)N2CCC(c3ccccn3)C2)ccc1-c1cccc(COc2ccc(Cn3oc(=O)[nH]c3=O)cc2)c1. The molecule has 2 aromatic heterocycles. The Morgan fingerprint density at radius 1 is 1.00 bits per heavy atom. The summed E-state index contributed by atoms with van der Waals surface area (Å²) in [5.74, 6) is 0.233. The lowest BCUT2D eigenvalue weighted by Gasteiger charge is -2.18. The van der Waals surface area contributed by atoms with Crippen molar-refractivity contribution >= 4 is 5.91 Å². The van der Waals surface area contributed by atoms with Crippen molar-refractivity contribution in [1.29, 1.82) is 0 Å². The molecule has 1 atom stereocenters. The number of nitrogens with zero attached hydrogens (tertiary/aromatic N) is 3.